The fraction of sp³-hybridized carbons (Fsp3) is 0.379. The number of aromatic amines is 2. The van der Waals surface area contributed by atoms with Gasteiger partial charge in [-0.3, -0.25) is 4.90 Å². The lowest BCUT2D eigenvalue weighted by Crippen LogP contribution is -2.47. The average Bonchev–Trinajstić information content (AvgIpc) is 3.66. The van der Waals surface area contributed by atoms with Gasteiger partial charge in [-0.15, -0.1) is 11.3 Å². The van der Waals surface area contributed by atoms with Crippen molar-refractivity contribution in [1.82, 2.24) is 24.8 Å². The quantitative estimate of drug-likeness (QED) is 0.239. The lowest BCUT2D eigenvalue weighted by atomic mass is 9.94. The highest BCUT2D eigenvalue weighted by atomic mass is 32.1. The van der Waals surface area contributed by atoms with Crippen molar-refractivity contribution < 1.29 is 17.9 Å². The first kappa shape index (κ1) is 26.6. The maximum atomic E-state index is 13.1. The lowest BCUT2D eigenvalue weighted by Gasteiger charge is -2.36. The number of piperazine rings is 1. The fourth-order valence-electron chi connectivity index (χ4n) is 5.02. The van der Waals surface area contributed by atoms with Gasteiger partial charge in [0.1, 0.15) is 29.2 Å². The number of ether oxygens (including phenoxy) is 1. The number of hydrogen-bond acceptors (Lipinski definition) is 6. The van der Waals surface area contributed by atoms with E-state index < -0.39 is 12.0 Å². The molecule has 6 rings (SSSR count). The number of rotatable bonds is 6. The highest BCUT2D eigenvalue weighted by Gasteiger charge is 2.35. The third kappa shape index (κ3) is 5.27. The zero-order valence-electron chi connectivity index (χ0n) is 22.6. The van der Waals surface area contributed by atoms with Gasteiger partial charge >= 0.3 is 6.18 Å². The van der Waals surface area contributed by atoms with Crippen molar-refractivity contribution in [2.24, 2.45) is 0 Å². The molecule has 0 saturated carbocycles. The molecule has 1 fully saturated rings. The number of para-hydroxylation sites is 2. The number of nitrogens with one attached hydrogen (secondary N) is 2. The molecular formula is C29H31F3N6OS. The predicted molar refractivity (Wildman–Crippen MR) is 153 cm³/mol. The van der Waals surface area contributed by atoms with E-state index in [1.165, 1.54) is 4.88 Å². The summed E-state index contributed by atoms with van der Waals surface area (Å²) in [5.74, 6) is 0.224. The van der Waals surface area contributed by atoms with Crippen molar-refractivity contribution in [2.45, 2.75) is 32.4 Å². The molecule has 0 bridgehead atoms. The number of alkyl halides is 3. The minimum absolute atomic E-state index is 0.105. The van der Waals surface area contributed by atoms with Gasteiger partial charge in [0, 0.05) is 48.5 Å². The minimum Gasteiger partial charge on any atom is -0.490 e. The van der Waals surface area contributed by atoms with Crippen molar-refractivity contribution in [3.05, 3.63) is 58.5 Å². The molecule has 1 aliphatic rings. The van der Waals surface area contributed by atoms with Gasteiger partial charge in [0.05, 0.1) is 16.7 Å². The first-order chi connectivity index (χ1) is 19.1. The summed E-state index contributed by atoms with van der Waals surface area (Å²) in [5, 5.41) is 2.17. The molecule has 1 saturated heterocycles. The third-order valence-electron chi connectivity index (χ3n) is 7.23. The topological polar surface area (TPSA) is 73.1 Å². The highest BCUT2D eigenvalue weighted by Crippen LogP contribution is 2.35. The van der Waals surface area contributed by atoms with Gasteiger partial charge in [0.15, 0.2) is 0 Å². The van der Waals surface area contributed by atoms with Gasteiger partial charge in [-0.05, 0) is 35.7 Å². The normalized spacial score (nSPS) is 15.4. The molecule has 11 heteroatoms. The van der Waals surface area contributed by atoms with Crippen LogP contribution < -0.4 is 9.64 Å². The number of fused-ring (bicyclic) bond motifs is 2. The molecule has 0 spiro atoms. The van der Waals surface area contributed by atoms with E-state index >= 15 is 0 Å². The number of nitrogens with zero attached hydrogens (tertiary/aromatic N) is 4. The highest BCUT2D eigenvalue weighted by molar-refractivity contribution is 7.10. The number of thiophene rings is 1. The summed E-state index contributed by atoms with van der Waals surface area (Å²) in [5.41, 5.74) is 4.84. The molecule has 0 amide bonds. The van der Waals surface area contributed by atoms with Crippen LogP contribution in [0.5, 0.6) is 5.75 Å². The molecule has 5 aromatic rings. The second-order valence-electron chi connectivity index (χ2n) is 11.1. The lowest BCUT2D eigenvalue weighted by molar-refractivity contribution is -0.144. The minimum atomic E-state index is -4.53. The van der Waals surface area contributed by atoms with Gasteiger partial charge < -0.3 is 19.6 Å². The number of H-pyrrole nitrogens is 2. The van der Waals surface area contributed by atoms with E-state index in [1.807, 2.05) is 0 Å². The number of benzene rings is 2. The first-order valence-electron chi connectivity index (χ1n) is 13.3. The molecule has 7 nitrogen and oxygen atoms in total. The van der Waals surface area contributed by atoms with Crippen LogP contribution in [0, 0.1) is 0 Å². The number of halogens is 3. The van der Waals surface area contributed by atoms with E-state index in [0.717, 1.165) is 54.3 Å². The largest absolute Gasteiger partial charge is 0.490 e. The second-order valence-corrected chi connectivity index (χ2v) is 12.0. The molecule has 210 valence electrons. The van der Waals surface area contributed by atoms with Crippen LogP contribution in [-0.4, -0.2) is 64.2 Å². The summed E-state index contributed by atoms with van der Waals surface area (Å²) in [4.78, 5) is 20.5. The molecule has 2 N–H and O–H groups in total. The van der Waals surface area contributed by atoms with Gasteiger partial charge in [0.2, 0.25) is 5.82 Å². The Morgan fingerprint density at radius 2 is 1.65 bits per heavy atom. The maximum absolute atomic E-state index is 13.1. The van der Waals surface area contributed by atoms with Crippen molar-refractivity contribution in [3.8, 4) is 17.1 Å². The molecule has 0 atom stereocenters. The standard InChI is InChI=1S/C29H31F3N6OS/c1-28(2,3)23-16-18(17-40-23)26-33-19-6-4-8-21(24(19)35-26)38-12-10-37(11-13-38)14-15-39-22-9-5-7-20-25(22)36-27(34-20)29(30,31)32/h4-9,16-17H,10-15H2,1-3H3,(H,33,35)(H,34,36). The van der Waals surface area contributed by atoms with Crippen molar-refractivity contribution in [2.75, 3.05) is 44.2 Å². The number of aromatic nitrogens is 4. The Balaban J connectivity index is 1.08. The van der Waals surface area contributed by atoms with Crippen LogP contribution in [0.4, 0.5) is 18.9 Å². The van der Waals surface area contributed by atoms with Crippen LogP contribution in [0.3, 0.4) is 0 Å². The average molecular weight is 569 g/mol. The Bertz CT molecular complexity index is 1640. The molecule has 1 aliphatic heterocycles. The smallest absolute Gasteiger partial charge is 0.449 e. The van der Waals surface area contributed by atoms with Gasteiger partial charge in [-0.1, -0.05) is 32.9 Å². The summed E-state index contributed by atoms with van der Waals surface area (Å²) in [7, 11) is 0. The van der Waals surface area contributed by atoms with Crippen LogP contribution in [0.15, 0.2) is 47.8 Å². The second kappa shape index (κ2) is 10.1. The maximum Gasteiger partial charge on any atom is 0.449 e. The van der Waals surface area contributed by atoms with Gasteiger partial charge in [0.25, 0.3) is 0 Å². The molecular weight excluding hydrogens is 537 g/mol. The number of imidazole rings is 2. The van der Waals surface area contributed by atoms with E-state index in [1.54, 1.807) is 29.5 Å². The van der Waals surface area contributed by atoms with Crippen molar-refractivity contribution in [1.29, 1.82) is 0 Å². The summed E-state index contributed by atoms with van der Waals surface area (Å²) >= 11 is 1.76. The fourth-order valence-corrected chi connectivity index (χ4v) is 6.00. The summed E-state index contributed by atoms with van der Waals surface area (Å²) in [6.45, 7) is 11.1. The Labute approximate surface area is 234 Å². The van der Waals surface area contributed by atoms with Gasteiger partial charge in [-0.25, -0.2) is 9.97 Å². The van der Waals surface area contributed by atoms with Gasteiger partial charge in [-0.2, -0.15) is 13.2 Å². The molecule has 0 radical (unpaired) electrons. The Morgan fingerprint density at radius 3 is 2.35 bits per heavy atom. The van der Waals surface area contributed by atoms with Crippen LogP contribution >= 0.6 is 11.3 Å². The van der Waals surface area contributed by atoms with Crippen molar-refractivity contribution >= 4 is 39.1 Å². The predicted octanol–water partition coefficient (Wildman–Crippen LogP) is 6.69. The molecule has 4 heterocycles. The van der Waals surface area contributed by atoms with E-state index in [0.29, 0.717) is 24.4 Å². The van der Waals surface area contributed by atoms with Crippen molar-refractivity contribution in [3.63, 3.8) is 0 Å². The Kier molecular flexibility index (Phi) is 6.74. The number of anilines is 1. The zero-order valence-corrected chi connectivity index (χ0v) is 23.4. The Morgan fingerprint density at radius 1 is 0.925 bits per heavy atom. The Hall–Kier alpha value is -3.57. The molecule has 40 heavy (non-hydrogen) atoms. The van der Waals surface area contributed by atoms with Crippen LogP contribution in [0.1, 0.15) is 31.5 Å². The molecule has 0 unspecified atom stereocenters. The molecule has 2 aromatic carbocycles. The van der Waals surface area contributed by atoms with Crippen LogP contribution in [-0.2, 0) is 11.6 Å². The third-order valence-corrected chi connectivity index (χ3v) is 8.58. The zero-order chi connectivity index (χ0) is 28.1. The van der Waals surface area contributed by atoms with E-state index in [9.17, 15) is 13.2 Å². The summed E-state index contributed by atoms with van der Waals surface area (Å²) < 4.78 is 45.1. The van der Waals surface area contributed by atoms with E-state index in [4.69, 9.17) is 9.72 Å². The summed E-state index contributed by atoms with van der Waals surface area (Å²) in [6.07, 6.45) is -4.53. The van der Waals surface area contributed by atoms with Crippen LogP contribution in [0.2, 0.25) is 0 Å². The number of hydrogen-bond donors (Lipinski definition) is 2. The molecule has 0 aliphatic carbocycles. The molecule has 3 aromatic heterocycles. The van der Waals surface area contributed by atoms with Crippen LogP contribution in [0.25, 0.3) is 33.5 Å². The monoisotopic (exact) mass is 568 g/mol. The summed E-state index contributed by atoms with van der Waals surface area (Å²) in [6, 6.07) is 13.4. The first-order valence-corrected chi connectivity index (χ1v) is 14.2. The van der Waals surface area contributed by atoms with E-state index in [2.05, 4.69) is 75.2 Å². The van der Waals surface area contributed by atoms with E-state index in [-0.39, 0.29) is 10.9 Å². The SMILES string of the molecule is CC(C)(C)c1cc(-c2nc3c(N4CCN(CCOc5cccc6[nH]c(C(F)(F)F)nc56)CC4)cccc3[nH]2)cs1.